The maximum atomic E-state index is 13.6. The van der Waals surface area contributed by atoms with Gasteiger partial charge in [-0.15, -0.1) is 0 Å². The van der Waals surface area contributed by atoms with E-state index in [0.29, 0.717) is 25.6 Å². The van der Waals surface area contributed by atoms with Crippen LogP contribution in [0, 0.1) is 24.5 Å². The number of rotatable bonds is 5. The highest BCUT2D eigenvalue weighted by Crippen LogP contribution is 2.21. The van der Waals surface area contributed by atoms with Crippen molar-refractivity contribution in [1.29, 1.82) is 0 Å². The second kappa shape index (κ2) is 9.49. The van der Waals surface area contributed by atoms with E-state index in [4.69, 9.17) is 0 Å². The van der Waals surface area contributed by atoms with Crippen molar-refractivity contribution in [3.8, 4) is 0 Å². The number of anilines is 1. The molecule has 2 aromatic carbocycles. The van der Waals surface area contributed by atoms with E-state index in [-0.39, 0.29) is 11.6 Å². The van der Waals surface area contributed by atoms with Gasteiger partial charge in [-0.3, -0.25) is 4.79 Å². The maximum Gasteiger partial charge on any atom is 0.321 e. The molecule has 7 heteroatoms. The number of nitrogens with one attached hydrogen (secondary N) is 2. The zero-order valence-electron chi connectivity index (χ0n) is 16.4. The monoisotopic (exact) mass is 401 g/mol. The normalized spacial score (nSPS) is 14.5. The van der Waals surface area contributed by atoms with Gasteiger partial charge in [-0.2, -0.15) is 0 Å². The van der Waals surface area contributed by atoms with Crippen molar-refractivity contribution in [2.75, 3.05) is 25.0 Å². The first-order valence-corrected chi connectivity index (χ1v) is 9.78. The van der Waals surface area contributed by atoms with Crippen LogP contribution in [0.1, 0.15) is 35.2 Å². The van der Waals surface area contributed by atoms with Crippen LogP contribution in [-0.4, -0.2) is 36.5 Å². The Balaban J connectivity index is 1.40. The second-order valence-electron chi connectivity index (χ2n) is 7.40. The van der Waals surface area contributed by atoms with Crippen molar-refractivity contribution in [2.24, 2.45) is 5.92 Å². The Morgan fingerprint density at radius 3 is 2.59 bits per heavy atom. The molecule has 2 aromatic rings. The second-order valence-corrected chi connectivity index (χ2v) is 7.40. The average Bonchev–Trinajstić information content (AvgIpc) is 2.70. The predicted octanol–water partition coefficient (Wildman–Crippen LogP) is 4.34. The van der Waals surface area contributed by atoms with E-state index in [1.807, 2.05) is 31.2 Å². The number of carbonyl (C=O) groups is 2. The van der Waals surface area contributed by atoms with E-state index < -0.39 is 17.5 Å². The Morgan fingerprint density at radius 1 is 1.10 bits per heavy atom. The number of amides is 3. The smallest absolute Gasteiger partial charge is 0.321 e. The van der Waals surface area contributed by atoms with Crippen molar-refractivity contribution < 1.29 is 18.4 Å². The third-order valence-corrected chi connectivity index (χ3v) is 5.18. The van der Waals surface area contributed by atoms with Crippen LogP contribution >= 0.6 is 0 Å². The minimum Gasteiger partial charge on any atom is -0.352 e. The fourth-order valence-corrected chi connectivity index (χ4v) is 3.51. The molecule has 0 bridgehead atoms. The summed E-state index contributed by atoms with van der Waals surface area (Å²) in [5.74, 6) is -1.63. The number of hydrogen-bond acceptors (Lipinski definition) is 2. The van der Waals surface area contributed by atoms with Gasteiger partial charge in [-0.1, -0.05) is 12.1 Å². The summed E-state index contributed by atoms with van der Waals surface area (Å²) in [5, 5.41) is 5.56. The van der Waals surface area contributed by atoms with Crippen molar-refractivity contribution in [1.82, 2.24) is 10.2 Å². The van der Waals surface area contributed by atoms with Crippen LogP contribution in [-0.2, 0) is 0 Å². The lowest BCUT2D eigenvalue weighted by atomic mass is 9.93. The Labute approximate surface area is 169 Å². The molecule has 0 spiro atoms. The first-order chi connectivity index (χ1) is 13.9. The molecule has 0 atom stereocenters. The van der Waals surface area contributed by atoms with Gasteiger partial charge in [0, 0.05) is 25.3 Å². The number of halogens is 2. The van der Waals surface area contributed by atoms with Crippen molar-refractivity contribution in [3.05, 3.63) is 65.2 Å². The SMILES string of the molecule is Cc1cccc(NC(=O)N2CCC(CCNC(=O)c3cc(F)ccc3F)CC2)c1. The molecule has 0 aliphatic carbocycles. The quantitative estimate of drug-likeness (QED) is 0.783. The minimum atomic E-state index is -0.739. The zero-order chi connectivity index (χ0) is 20.8. The Hall–Kier alpha value is -2.96. The average molecular weight is 401 g/mol. The summed E-state index contributed by atoms with van der Waals surface area (Å²) in [5.41, 5.74) is 1.58. The maximum absolute atomic E-state index is 13.6. The summed E-state index contributed by atoms with van der Waals surface area (Å²) in [6, 6.07) is 10.4. The van der Waals surface area contributed by atoms with E-state index in [0.717, 1.165) is 48.7 Å². The van der Waals surface area contributed by atoms with Gasteiger partial charge in [0.05, 0.1) is 5.56 Å². The number of aryl methyl sites for hydroxylation is 1. The van der Waals surface area contributed by atoms with Crippen molar-refractivity contribution in [3.63, 3.8) is 0 Å². The first kappa shape index (κ1) is 20.8. The van der Waals surface area contributed by atoms with E-state index in [1.54, 1.807) is 4.90 Å². The van der Waals surface area contributed by atoms with Crippen LogP contribution in [0.25, 0.3) is 0 Å². The molecular formula is C22H25F2N3O2. The summed E-state index contributed by atoms with van der Waals surface area (Å²) in [7, 11) is 0. The Morgan fingerprint density at radius 2 is 1.86 bits per heavy atom. The molecule has 1 heterocycles. The largest absolute Gasteiger partial charge is 0.352 e. The molecule has 0 saturated carbocycles. The number of piperidine rings is 1. The molecule has 0 unspecified atom stereocenters. The molecule has 29 heavy (non-hydrogen) atoms. The van der Waals surface area contributed by atoms with Crippen LogP contribution in [0.3, 0.4) is 0 Å². The first-order valence-electron chi connectivity index (χ1n) is 9.78. The zero-order valence-corrected chi connectivity index (χ0v) is 16.4. The van der Waals surface area contributed by atoms with Crippen LogP contribution < -0.4 is 10.6 Å². The summed E-state index contributed by atoms with van der Waals surface area (Å²) >= 11 is 0. The predicted molar refractivity (Wildman–Crippen MR) is 108 cm³/mol. The van der Waals surface area contributed by atoms with Gasteiger partial charge in [0.15, 0.2) is 0 Å². The van der Waals surface area contributed by atoms with Crippen molar-refractivity contribution in [2.45, 2.75) is 26.2 Å². The van der Waals surface area contributed by atoms with Crippen LogP contribution in [0.2, 0.25) is 0 Å². The molecule has 0 aromatic heterocycles. The molecule has 5 nitrogen and oxygen atoms in total. The van der Waals surface area contributed by atoms with Gasteiger partial charge in [-0.25, -0.2) is 13.6 Å². The van der Waals surface area contributed by atoms with Gasteiger partial charge >= 0.3 is 6.03 Å². The Kier molecular flexibility index (Phi) is 6.80. The van der Waals surface area contributed by atoms with Crippen LogP contribution in [0.5, 0.6) is 0 Å². The number of likely N-dealkylation sites (tertiary alicyclic amines) is 1. The molecule has 1 aliphatic rings. The Bertz CT molecular complexity index is 880. The number of hydrogen-bond donors (Lipinski definition) is 2. The molecule has 0 radical (unpaired) electrons. The lowest BCUT2D eigenvalue weighted by Crippen LogP contribution is -2.41. The van der Waals surface area contributed by atoms with E-state index in [1.165, 1.54) is 0 Å². The number of carbonyl (C=O) groups excluding carboxylic acids is 2. The van der Waals surface area contributed by atoms with Gasteiger partial charge in [0.2, 0.25) is 0 Å². The topological polar surface area (TPSA) is 61.4 Å². The summed E-state index contributed by atoms with van der Waals surface area (Å²) in [6.07, 6.45) is 2.41. The van der Waals surface area contributed by atoms with Gasteiger partial charge < -0.3 is 15.5 Å². The fraction of sp³-hybridized carbons (Fsp3) is 0.364. The highest BCUT2D eigenvalue weighted by Gasteiger charge is 2.23. The number of nitrogens with zero attached hydrogens (tertiary/aromatic N) is 1. The molecule has 3 amide bonds. The lowest BCUT2D eigenvalue weighted by Gasteiger charge is -2.32. The number of benzene rings is 2. The van der Waals surface area contributed by atoms with Crippen LogP contribution in [0.4, 0.5) is 19.3 Å². The lowest BCUT2D eigenvalue weighted by molar-refractivity contribution is 0.0945. The van der Waals surface area contributed by atoms with E-state index in [9.17, 15) is 18.4 Å². The highest BCUT2D eigenvalue weighted by molar-refractivity contribution is 5.94. The van der Waals surface area contributed by atoms with Crippen molar-refractivity contribution >= 4 is 17.6 Å². The molecule has 1 saturated heterocycles. The number of urea groups is 1. The standard InChI is InChI=1S/C22H25F2N3O2/c1-15-3-2-4-18(13-15)26-22(29)27-11-8-16(9-12-27)7-10-25-21(28)19-14-17(23)5-6-20(19)24/h2-6,13-14,16H,7-12H2,1H3,(H,25,28)(H,26,29). The highest BCUT2D eigenvalue weighted by atomic mass is 19.1. The molecule has 154 valence electrons. The third kappa shape index (κ3) is 5.76. The van der Waals surface area contributed by atoms with Gasteiger partial charge in [0.1, 0.15) is 11.6 Å². The van der Waals surface area contributed by atoms with E-state index >= 15 is 0 Å². The van der Waals surface area contributed by atoms with Crippen LogP contribution in [0.15, 0.2) is 42.5 Å². The van der Waals surface area contributed by atoms with Gasteiger partial charge in [0.25, 0.3) is 5.91 Å². The molecule has 1 fully saturated rings. The summed E-state index contributed by atoms with van der Waals surface area (Å²) in [4.78, 5) is 26.2. The summed E-state index contributed by atoms with van der Waals surface area (Å²) in [6.45, 7) is 3.65. The molecular weight excluding hydrogens is 376 g/mol. The summed E-state index contributed by atoms with van der Waals surface area (Å²) < 4.78 is 26.8. The minimum absolute atomic E-state index is 0.107. The third-order valence-electron chi connectivity index (χ3n) is 5.18. The molecule has 2 N–H and O–H groups in total. The molecule has 1 aliphatic heterocycles. The van der Waals surface area contributed by atoms with Gasteiger partial charge in [-0.05, 0) is 68.0 Å². The molecule has 3 rings (SSSR count). The fourth-order valence-electron chi connectivity index (χ4n) is 3.51. The van der Waals surface area contributed by atoms with E-state index in [2.05, 4.69) is 10.6 Å².